The molecule has 0 fully saturated rings. The van der Waals surface area contributed by atoms with Gasteiger partial charge in [0.2, 0.25) is 0 Å². The number of hydrogen-bond donors (Lipinski definition) is 1. The fourth-order valence-electron chi connectivity index (χ4n) is 2.82. The van der Waals surface area contributed by atoms with E-state index in [4.69, 9.17) is 4.42 Å². The van der Waals surface area contributed by atoms with Gasteiger partial charge in [0.05, 0.1) is 11.8 Å². The predicted molar refractivity (Wildman–Crippen MR) is 85.0 cm³/mol. The van der Waals surface area contributed by atoms with Gasteiger partial charge in [0.15, 0.2) is 6.39 Å². The van der Waals surface area contributed by atoms with Crippen molar-refractivity contribution in [1.29, 1.82) is 0 Å². The Kier molecular flexibility index (Phi) is 5.04. The van der Waals surface area contributed by atoms with Gasteiger partial charge in [-0.1, -0.05) is 22.3 Å². The van der Waals surface area contributed by atoms with Crippen molar-refractivity contribution in [2.75, 3.05) is 0 Å². The van der Waals surface area contributed by atoms with Crippen LogP contribution in [0.1, 0.15) is 65.6 Å². The van der Waals surface area contributed by atoms with Crippen LogP contribution in [0.3, 0.4) is 0 Å². The minimum atomic E-state index is -0.590. The second kappa shape index (κ2) is 6.61. The number of allylic oxidation sites excluding steroid dienone is 4. The van der Waals surface area contributed by atoms with Crippen molar-refractivity contribution in [1.82, 2.24) is 4.98 Å². The monoisotopic (exact) mass is 289 g/mol. The van der Waals surface area contributed by atoms with E-state index < -0.39 is 5.60 Å². The zero-order chi connectivity index (χ0) is 15.5. The molecule has 1 aliphatic rings. The molecule has 0 unspecified atom stereocenters. The Morgan fingerprint density at radius 3 is 2.24 bits per heavy atom. The molecule has 0 radical (unpaired) electrons. The standard InChI is InChI=1S/C18H27NO2/c1-13-9-15(5-6-17-11-19-12-21-17)16(10-14(13)2)7-8-18(3,4)20/h11-12,20H,5-10H2,1-4H3. The lowest BCUT2D eigenvalue weighted by molar-refractivity contribution is 0.0711. The van der Waals surface area contributed by atoms with Gasteiger partial charge < -0.3 is 9.52 Å². The summed E-state index contributed by atoms with van der Waals surface area (Å²) in [6.45, 7) is 8.24. The van der Waals surface area contributed by atoms with Crippen molar-refractivity contribution < 1.29 is 9.52 Å². The summed E-state index contributed by atoms with van der Waals surface area (Å²) < 4.78 is 5.34. The summed E-state index contributed by atoms with van der Waals surface area (Å²) in [5.74, 6) is 0.952. The highest BCUT2D eigenvalue weighted by Gasteiger charge is 2.19. The van der Waals surface area contributed by atoms with Gasteiger partial charge in [0.1, 0.15) is 5.76 Å². The summed E-state index contributed by atoms with van der Waals surface area (Å²) in [4.78, 5) is 3.98. The van der Waals surface area contributed by atoms with Crippen LogP contribution >= 0.6 is 0 Å². The lowest BCUT2D eigenvalue weighted by atomic mass is 9.82. The molecule has 116 valence electrons. The second-order valence-electron chi connectivity index (χ2n) is 6.90. The smallest absolute Gasteiger partial charge is 0.180 e. The van der Waals surface area contributed by atoms with Crippen LogP contribution in [0.4, 0.5) is 0 Å². The summed E-state index contributed by atoms with van der Waals surface area (Å²) in [5.41, 5.74) is 5.44. The number of aromatic nitrogens is 1. The summed E-state index contributed by atoms with van der Waals surface area (Å²) in [6, 6.07) is 0. The molecule has 0 aliphatic heterocycles. The van der Waals surface area contributed by atoms with E-state index >= 15 is 0 Å². The van der Waals surface area contributed by atoms with Crippen molar-refractivity contribution in [2.24, 2.45) is 0 Å². The molecule has 1 aliphatic carbocycles. The highest BCUT2D eigenvalue weighted by atomic mass is 16.3. The van der Waals surface area contributed by atoms with Gasteiger partial charge in [-0.3, -0.25) is 0 Å². The molecule has 2 rings (SSSR count). The Hall–Kier alpha value is -1.35. The van der Waals surface area contributed by atoms with Crippen molar-refractivity contribution in [3.63, 3.8) is 0 Å². The van der Waals surface area contributed by atoms with Crippen molar-refractivity contribution in [2.45, 2.75) is 71.8 Å². The number of nitrogens with zero attached hydrogens (tertiary/aromatic N) is 1. The third kappa shape index (κ3) is 4.85. The van der Waals surface area contributed by atoms with Crippen LogP contribution in [0, 0.1) is 0 Å². The number of aryl methyl sites for hydroxylation is 1. The minimum absolute atomic E-state index is 0.590. The van der Waals surface area contributed by atoms with Crippen LogP contribution in [0.5, 0.6) is 0 Å². The molecule has 1 aromatic rings. The second-order valence-corrected chi connectivity index (χ2v) is 6.90. The normalized spacial score (nSPS) is 16.8. The van der Waals surface area contributed by atoms with Crippen LogP contribution in [0.25, 0.3) is 0 Å². The highest BCUT2D eigenvalue weighted by Crippen LogP contribution is 2.35. The Labute approximate surface area is 127 Å². The van der Waals surface area contributed by atoms with E-state index in [0.29, 0.717) is 0 Å². The van der Waals surface area contributed by atoms with Gasteiger partial charge in [-0.2, -0.15) is 0 Å². The fourth-order valence-corrected chi connectivity index (χ4v) is 2.82. The highest BCUT2D eigenvalue weighted by molar-refractivity contribution is 5.33. The molecule has 3 nitrogen and oxygen atoms in total. The van der Waals surface area contributed by atoms with Crippen LogP contribution < -0.4 is 0 Å². The first-order valence-electron chi connectivity index (χ1n) is 7.80. The van der Waals surface area contributed by atoms with E-state index in [0.717, 1.165) is 44.3 Å². The van der Waals surface area contributed by atoms with Crippen LogP contribution in [0.2, 0.25) is 0 Å². The molecule has 0 bridgehead atoms. The Morgan fingerprint density at radius 2 is 1.71 bits per heavy atom. The third-order valence-electron chi connectivity index (χ3n) is 4.38. The Bertz CT molecular complexity index is 530. The summed E-state index contributed by atoms with van der Waals surface area (Å²) in [5, 5.41) is 9.97. The van der Waals surface area contributed by atoms with E-state index in [9.17, 15) is 5.11 Å². The van der Waals surface area contributed by atoms with E-state index in [-0.39, 0.29) is 0 Å². The molecule has 0 saturated heterocycles. The van der Waals surface area contributed by atoms with Gasteiger partial charge in [-0.05, 0) is 59.8 Å². The van der Waals surface area contributed by atoms with Crippen molar-refractivity contribution in [3.8, 4) is 0 Å². The van der Waals surface area contributed by atoms with Crippen molar-refractivity contribution >= 4 is 0 Å². The molecule has 1 N–H and O–H groups in total. The molecule has 1 aromatic heterocycles. The van der Waals surface area contributed by atoms with Crippen LogP contribution in [0.15, 0.2) is 39.3 Å². The number of rotatable bonds is 6. The lowest BCUT2D eigenvalue weighted by Gasteiger charge is -2.25. The van der Waals surface area contributed by atoms with E-state index in [1.54, 1.807) is 6.20 Å². The number of aliphatic hydroxyl groups is 1. The van der Waals surface area contributed by atoms with Gasteiger partial charge >= 0.3 is 0 Å². The first kappa shape index (κ1) is 16.0. The van der Waals surface area contributed by atoms with Gasteiger partial charge in [-0.25, -0.2) is 4.98 Å². The third-order valence-corrected chi connectivity index (χ3v) is 4.38. The van der Waals surface area contributed by atoms with E-state index in [1.165, 1.54) is 28.7 Å². The average Bonchev–Trinajstić information content (AvgIpc) is 2.90. The molecule has 0 aromatic carbocycles. The van der Waals surface area contributed by atoms with Crippen molar-refractivity contribution in [3.05, 3.63) is 40.6 Å². The Balaban J connectivity index is 2.05. The van der Waals surface area contributed by atoms with Crippen LogP contribution in [-0.2, 0) is 6.42 Å². The molecule has 21 heavy (non-hydrogen) atoms. The largest absolute Gasteiger partial charge is 0.449 e. The molecule has 0 spiro atoms. The van der Waals surface area contributed by atoms with Gasteiger partial charge in [-0.15, -0.1) is 0 Å². The van der Waals surface area contributed by atoms with E-state index in [2.05, 4.69) is 18.8 Å². The zero-order valence-corrected chi connectivity index (χ0v) is 13.7. The van der Waals surface area contributed by atoms with Crippen LogP contribution in [-0.4, -0.2) is 15.7 Å². The van der Waals surface area contributed by atoms with E-state index in [1.807, 2.05) is 13.8 Å². The number of hydrogen-bond acceptors (Lipinski definition) is 3. The predicted octanol–water partition coefficient (Wildman–Crippen LogP) is 4.59. The minimum Gasteiger partial charge on any atom is -0.449 e. The first-order chi connectivity index (χ1) is 9.85. The molecular weight excluding hydrogens is 262 g/mol. The summed E-state index contributed by atoms with van der Waals surface area (Å²) >= 11 is 0. The van der Waals surface area contributed by atoms with Gasteiger partial charge in [0, 0.05) is 6.42 Å². The molecule has 3 heteroatoms. The maximum absolute atomic E-state index is 9.97. The molecule has 1 heterocycles. The summed E-state index contributed by atoms with van der Waals surface area (Å²) in [7, 11) is 0. The maximum Gasteiger partial charge on any atom is 0.180 e. The first-order valence-corrected chi connectivity index (χ1v) is 7.80. The SMILES string of the molecule is CC1=C(C)CC(CCC(C)(C)O)=C(CCc2cnco2)C1. The average molecular weight is 289 g/mol. The maximum atomic E-state index is 9.97. The fraction of sp³-hybridized carbons (Fsp3) is 0.611. The zero-order valence-electron chi connectivity index (χ0n) is 13.7. The molecule has 0 amide bonds. The number of oxazole rings is 1. The Morgan fingerprint density at radius 1 is 1.10 bits per heavy atom. The topological polar surface area (TPSA) is 46.3 Å². The quantitative estimate of drug-likeness (QED) is 0.779. The molecular formula is C18H27NO2. The molecule has 0 saturated carbocycles. The molecule has 0 atom stereocenters. The van der Waals surface area contributed by atoms with Gasteiger partial charge in [0.25, 0.3) is 0 Å². The lowest BCUT2D eigenvalue weighted by Crippen LogP contribution is -2.19. The summed E-state index contributed by atoms with van der Waals surface area (Å²) in [6.07, 6.45) is 9.17.